The van der Waals surface area contributed by atoms with Crippen LogP contribution in [-0.2, 0) is 16.4 Å². The largest absolute Gasteiger partial charge is 0.339 e. The molecule has 3 rings (SSSR count). The van der Waals surface area contributed by atoms with Crippen molar-refractivity contribution in [1.82, 2.24) is 4.90 Å². The molecule has 1 fully saturated rings. The highest BCUT2D eigenvalue weighted by molar-refractivity contribution is 9.10. The first-order chi connectivity index (χ1) is 12.7. The molecule has 1 aliphatic heterocycles. The molecule has 0 spiro atoms. The molecule has 0 aromatic heterocycles. The molecule has 1 saturated heterocycles. The van der Waals surface area contributed by atoms with Crippen LogP contribution < -0.4 is 5.14 Å². The Hall–Kier alpha value is -1.77. The highest BCUT2D eigenvalue weighted by Gasteiger charge is 2.26. The Morgan fingerprint density at radius 1 is 1.19 bits per heavy atom. The lowest BCUT2D eigenvalue weighted by Crippen LogP contribution is -2.39. The standard InChI is InChI=1S/C19H20BrFN2O3S/c20-18-5-4-16(27(22,25)26)12-17(18)19(24)23-8-6-13(7-9-23)10-14-2-1-3-15(21)11-14/h1-5,11-13H,6-10H2,(H2,22,25,26). The van der Waals surface area contributed by atoms with Gasteiger partial charge in [0, 0.05) is 17.6 Å². The van der Waals surface area contributed by atoms with Gasteiger partial charge in [0.15, 0.2) is 0 Å². The van der Waals surface area contributed by atoms with Crippen LogP contribution in [-0.4, -0.2) is 32.3 Å². The predicted octanol–water partition coefficient (Wildman–Crippen LogP) is 3.33. The first kappa shape index (κ1) is 20.0. The molecule has 1 heterocycles. The molecule has 1 amide bonds. The molecule has 2 aromatic carbocycles. The van der Waals surface area contributed by atoms with Gasteiger partial charge in [-0.05, 0) is 77.0 Å². The summed E-state index contributed by atoms with van der Waals surface area (Å²) in [4.78, 5) is 14.4. The SMILES string of the molecule is NS(=O)(=O)c1ccc(Br)c(C(=O)N2CCC(Cc3cccc(F)c3)CC2)c1. The fourth-order valence-electron chi connectivity index (χ4n) is 3.35. The van der Waals surface area contributed by atoms with Gasteiger partial charge in [-0.25, -0.2) is 17.9 Å². The van der Waals surface area contributed by atoms with E-state index in [1.165, 1.54) is 24.3 Å². The van der Waals surface area contributed by atoms with Crippen LogP contribution in [0, 0.1) is 11.7 Å². The molecule has 0 bridgehead atoms. The highest BCUT2D eigenvalue weighted by atomic mass is 79.9. The Labute approximate surface area is 166 Å². The minimum absolute atomic E-state index is 0.0879. The van der Waals surface area contributed by atoms with Crippen LogP contribution >= 0.6 is 15.9 Å². The van der Waals surface area contributed by atoms with Gasteiger partial charge in [-0.15, -0.1) is 0 Å². The van der Waals surface area contributed by atoms with Crippen molar-refractivity contribution in [2.24, 2.45) is 11.1 Å². The van der Waals surface area contributed by atoms with Crippen LogP contribution in [0.5, 0.6) is 0 Å². The summed E-state index contributed by atoms with van der Waals surface area (Å²) >= 11 is 3.31. The Morgan fingerprint density at radius 3 is 2.52 bits per heavy atom. The zero-order valence-electron chi connectivity index (χ0n) is 14.6. The Balaban J connectivity index is 1.67. The number of sulfonamides is 1. The molecular formula is C19H20BrFN2O3S. The third-order valence-corrected chi connectivity index (χ3v) is 6.41. The number of likely N-dealkylation sites (tertiary alicyclic amines) is 1. The van der Waals surface area contributed by atoms with Crippen molar-refractivity contribution in [2.75, 3.05) is 13.1 Å². The van der Waals surface area contributed by atoms with Crippen molar-refractivity contribution in [3.05, 3.63) is 63.9 Å². The number of carbonyl (C=O) groups excluding carboxylic acids is 1. The summed E-state index contributed by atoms with van der Waals surface area (Å²) in [5.41, 5.74) is 1.24. The third-order valence-electron chi connectivity index (χ3n) is 4.81. The number of primary sulfonamides is 1. The van der Waals surface area contributed by atoms with E-state index in [9.17, 15) is 17.6 Å². The molecule has 0 radical (unpaired) electrons. The number of nitrogens with two attached hydrogens (primary N) is 1. The fraction of sp³-hybridized carbons (Fsp3) is 0.316. The third kappa shape index (κ3) is 4.94. The highest BCUT2D eigenvalue weighted by Crippen LogP contribution is 2.26. The van der Waals surface area contributed by atoms with Crippen molar-refractivity contribution in [3.63, 3.8) is 0 Å². The van der Waals surface area contributed by atoms with E-state index in [-0.39, 0.29) is 22.2 Å². The molecule has 0 saturated carbocycles. The molecule has 2 N–H and O–H groups in total. The van der Waals surface area contributed by atoms with E-state index in [0.717, 1.165) is 24.8 Å². The minimum atomic E-state index is -3.88. The molecule has 8 heteroatoms. The number of hydrogen-bond acceptors (Lipinski definition) is 3. The summed E-state index contributed by atoms with van der Waals surface area (Å²) in [6.07, 6.45) is 2.41. The van der Waals surface area contributed by atoms with Crippen LogP contribution in [0.4, 0.5) is 4.39 Å². The smallest absolute Gasteiger partial charge is 0.255 e. The van der Waals surface area contributed by atoms with Gasteiger partial charge in [0.1, 0.15) is 5.82 Å². The molecule has 0 unspecified atom stereocenters. The molecule has 144 valence electrons. The van der Waals surface area contributed by atoms with E-state index >= 15 is 0 Å². The van der Waals surface area contributed by atoms with E-state index in [2.05, 4.69) is 15.9 Å². The number of piperidine rings is 1. The van der Waals surface area contributed by atoms with E-state index in [1.807, 2.05) is 6.07 Å². The van der Waals surface area contributed by atoms with E-state index in [1.54, 1.807) is 17.0 Å². The lowest BCUT2D eigenvalue weighted by Gasteiger charge is -2.32. The second-order valence-corrected chi connectivity index (χ2v) is 9.17. The first-order valence-electron chi connectivity index (χ1n) is 8.60. The van der Waals surface area contributed by atoms with Gasteiger partial charge in [0.05, 0.1) is 10.5 Å². The number of benzene rings is 2. The normalized spacial score (nSPS) is 15.7. The van der Waals surface area contributed by atoms with Crippen molar-refractivity contribution >= 4 is 31.9 Å². The van der Waals surface area contributed by atoms with Crippen molar-refractivity contribution in [2.45, 2.75) is 24.2 Å². The monoisotopic (exact) mass is 454 g/mol. The van der Waals surface area contributed by atoms with Gasteiger partial charge in [-0.1, -0.05) is 12.1 Å². The molecular weight excluding hydrogens is 435 g/mol. The minimum Gasteiger partial charge on any atom is -0.339 e. The summed E-state index contributed by atoms with van der Waals surface area (Å²) in [5, 5.41) is 5.16. The lowest BCUT2D eigenvalue weighted by molar-refractivity contribution is 0.0689. The van der Waals surface area contributed by atoms with E-state index in [4.69, 9.17) is 5.14 Å². The number of halogens is 2. The molecule has 0 aliphatic carbocycles. The summed E-state index contributed by atoms with van der Waals surface area (Å²) in [6, 6.07) is 10.8. The van der Waals surface area contributed by atoms with E-state index in [0.29, 0.717) is 23.5 Å². The van der Waals surface area contributed by atoms with Crippen LogP contribution in [0.25, 0.3) is 0 Å². The molecule has 0 atom stereocenters. The van der Waals surface area contributed by atoms with Crippen LogP contribution in [0.3, 0.4) is 0 Å². The van der Waals surface area contributed by atoms with Crippen LogP contribution in [0.15, 0.2) is 51.8 Å². The average Bonchev–Trinajstić information content (AvgIpc) is 2.61. The van der Waals surface area contributed by atoms with Gasteiger partial charge in [0.25, 0.3) is 5.91 Å². The zero-order valence-corrected chi connectivity index (χ0v) is 17.0. The van der Waals surface area contributed by atoms with Gasteiger partial charge in [0.2, 0.25) is 10.0 Å². The Morgan fingerprint density at radius 2 is 1.89 bits per heavy atom. The summed E-state index contributed by atoms with van der Waals surface area (Å²) in [6.45, 7) is 1.15. The first-order valence-corrected chi connectivity index (χ1v) is 10.9. The summed E-state index contributed by atoms with van der Waals surface area (Å²) < 4.78 is 36.9. The topological polar surface area (TPSA) is 80.5 Å². The van der Waals surface area contributed by atoms with Crippen LogP contribution in [0.2, 0.25) is 0 Å². The quantitative estimate of drug-likeness (QED) is 0.768. The number of amides is 1. The van der Waals surface area contributed by atoms with Gasteiger partial charge in [-0.2, -0.15) is 0 Å². The summed E-state index contributed by atoms with van der Waals surface area (Å²) in [5.74, 6) is -0.0775. The van der Waals surface area contributed by atoms with Crippen molar-refractivity contribution in [3.8, 4) is 0 Å². The number of hydrogen-bond donors (Lipinski definition) is 1. The maximum Gasteiger partial charge on any atom is 0.255 e. The van der Waals surface area contributed by atoms with Crippen LogP contribution in [0.1, 0.15) is 28.8 Å². The molecule has 5 nitrogen and oxygen atoms in total. The number of carbonyl (C=O) groups is 1. The number of nitrogens with zero attached hydrogens (tertiary/aromatic N) is 1. The van der Waals surface area contributed by atoms with E-state index < -0.39 is 10.0 Å². The molecule has 27 heavy (non-hydrogen) atoms. The van der Waals surface area contributed by atoms with Gasteiger partial charge >= 0.3 is 0 Å². The summed E-state index contributed by atoms with van der Waals surface area (Å²) in [7, 11) is -3.88. The second kappa shape index (κ2) is 8.08. The Kier molecular flexibility index (Phi) is 5.98. The Bertz CT molecular complexity index is 957. The second-order valence-electron chi connectivity index (χ2n) is 6.76. The lowest BCUT2D eigenvalue weighted by atomic mass is 9.90. The molecule has 2 aromatic rings. The van der Waals surface area contributed by atoms with Crippen molar-refractivity contribution in [1.29, 1.82) is 0 Å². The maximum atomic E-state index is 13.3. The van der Waals surface area contributed by atoms with Gasteiger partial charge < -0.3 is 4.90 Å². The predicted molar refractivity (Wildman–Crippen MR) is 104 cm³/mol. The number of rotatable bonds is 4. The average molecular weight is 455 g/mol. The van der Waals surface area contributed by atoms with Crippen molar-refractivity contribution < 1.29 is 17.6 Å². The molecule has 1 aliphatic rings. The zero-order chi connectivity index (χ0) is 19.6. The van der Waals surface area contributed by atoms with Gasteiger partial charge in [-0.3, -0.25) is 4.79 Å². The maximum absolute atomic E-state index is 13.3. The fourth-order valence-corrected chi connectivity index (χ4v) is 4.31.